The van der Waals surface area contributed by atoms with Crippen molar-refractivity contribution in [3.05, 3.63) is 59.7 Å². The Labute approximate surface area is 166 Å². The Morgan fingerprint density at radius 3 is 1.77 bits per heavy atom. The van der Waals surface area contributed by atoms with E-state index < -0.39 is 0 Å². The number of carbonyl (C=O) groups excluding carboxylic acids is 2. The smallest absolute Gasteiger partial charge is 0.252 e. The zero-order valence-electron chi connectivity index (χ0n) is 14.5. The molecule has 0 aliphatic carbocycles. The second kappa shape index (κ2) is 11.2. The highest BCUT2D eigenvalue weighted by atomic mass is 35.5. The van der Waals surface area contributed by atoms with Crippen LogP contribution in [0.25, 0.3) is 0 Å². The summed E-state index contributed by atoms with van der Waals surface area (Å²) >= 11 is 5.64. The van der Waals surface area contributed by atoms with E-state index in [1.54, 1.807) is 6.07 Å². The fourth-order valence-corrected chi connectivity index (χ4v) is 4.59. The van der Waals surface area contributed by atoms with E-state index in [1.807, 2.05) is 49.4 Å². The molecule has 2 aromatic rings. The lowest BCUT2D eigenvalue weighted by Crippen LogP contribution is -2.25. The van der Waals surface area contributed by atoms with Crippen molar-refractivity contribution in [3.63, 3.8) is 0 Å². The molecule has 0 aromatic heterocycles. The van der Waals surface area contributed by atoms with Gasteiger partial charge in [-0.25, -0.2) is 0 Å². The molecule has 2 rings (SSSR count). The first-order valence-electron chi connectivity index (χ1n) is 8.32. The van der Waals surface area contributed by atoms with Gasteiger partial charge in [-0.3, -0.25) is 9.59 Å². The largest absolute Gasteiger partial charge is 0.352 e. The van der Waals surface area contributed by atoms with Crippen LogP contribution in [0.3, 0.4) is 0 Å². The quantitative estimate of drug-likeness (QED) is 0.470. The molecule has 0 unspecified atom stereocenters. The van der Waals surface area contributed by atoms with Crippen LogP contribution in [0.15, 0.2) is 58.3 Å². The monoisotopic (exact) mass is 408 g/mol. The van der Waals surface area contributed by atoms with Crippen LogP contribution in [0.4, 0.5) is 0 Å². The molecule has 0 heterocycles. The molecule has 138 valence electrons. The lowest BCUT2D eigenvalue weighted by molar-refractivity contribution is 0.0943. The van der Waals surface area contributed by atoms with Crippen LogP contribution in [0.2, 0.25) is 0 Å². The number of nitrogens with one attached hydrogen (secondary N) is 2. The molecule has 0 saturated carbocycles. The Kier molecular flexibility index (Phi) is 8.88. The van der Waals surface area contributed by atoms with Gasteiger partial charge < -0.3 is 10.6 Å². The van der Waals surface area contributed by atoms with Crippen molar-refractivity contribution in [2.24, 2.45) is 0 Å². The third-order valence-electron chi connectivity index (χ3n) is 3.40. The summed E-state index contributed by atoms with van der Waals surface area (Å²) in [7, 11) is 2.93. The third-order valence-corrected chi connectivity index (χ3v) is 6.07. The van der Waals surface area contributed by atoms with Gasteiger partial charge in [0.15, 0.2) is 0 Å². The highest BCUT2D eigenvalue weighted by Crippen LogP contribution is 2.40. The average Bonchev–Trinajstić information content (AvgIpc) is 2.69. The number of benzene rings is 2. The van der Waals surface area contributed by atoms with E-state index in [1.165, 1.54) is 21.6 Å². The summed E-state index contributed by atoms with van der Waals surface area (Å²) in [6, 6.07) is 14.9. The molecule has 2 N–H and O–H groups in total. The zero-order chi connectivity index (χ0) is 18.8. The Morgan fingerprint density at radius 1 is 0.846 bits per heavy atom. The molecule has 0 saturated heterocycles. The minimum Gasteiger partial charge on any atom is -0.352 e. The fraction of sp³-hybridized carbons (Fsp3) is 0.263. The normalized spacial score (nSPS) is 10.4. The van der Waals surface area contributed by atoms with Crippen molar-refractivity contribution in [2.75, 3.05) is 19.0 Å². The van der Waals surface area contributed by atoms with Crippen LogP contribution in [0.1, 0.15) is 34.1 Å². The van der Waals surface area contributed by atoms with Gasteiger partial charge in [0.1, 0.15) is 0 Å². The van der Waals surface area contributed by atoms with E-state index in [2.05, 4.69) is 10.6 Å². The summed E-state index contributed by atoms with van der Waals surface area (Å²) < 4.78 is 0. The van der Waals surface area contributed by atoms with Gasteiger partial charge >= 0.3 is 0 Å². The van der Waals surface area contributed by atoms with Gasteiger partial charge in [0, 0.05) is 28.8 Å². The first-order valence-corrected chi connectivity index (χ1v) is 11.0. The van der Waals surface area contributed by atoms with Gasteiger partial charge in [0.2, 0.25) is 0 Å². The summed E-state index contributed by atoms with van der Waals surface area (Å²) in [5.74, 6) is 0.141. The molecule has 0 bridgehead atoms. The molecule has 0 aliphatic heterocycles. The molecule has 0 spiro atoms. The Hall–Kier alpha value is -1.63. The average molecular weight is 409 g/mol. The summed E-state index contributed by atoms with van der Waals surface area (Å²) in [6.07, 6.45) is 0.889. The van der Waals surface area contributed by atoms with Crippen molar-refractivity contribution in [1.82, 2.24) is 10.6 Å². The van der Waals surface area contributed by atoms with Crippen LogP contribution in [-0.2, 0) is 0 Å². The molecular formula is C19H21ClN2O2S2. The molecule has 4 nitrogen and oxygen atoms in total. The summed E-state index contributed by atoms with van der Waals surface area (Å²) in [5, 5.41) is 5.68. The van der Waals surface area contributed by atoms with Crippen molar-refractivity contribution < 1.29 is 9.59 Å². The van der Waals surface area contributed by atoms with Crippen molar-refractivity contribution in [1.29, 1.82) is 0 Å². The second-order valence-electron chi connectivity index (χ2n) is 5.36. The Morgan fingerprint density at radius 2 is 1.31 bits per heavy atom. The SMILES string of the molecule is CCCNC(=O)c1ccccc1SSc1ccccc1C(=O)NCCCl. The van der Waals surface area contributed by atoms with Gasteiger partial charge in [-0.05, 0) is 30.7 Å². The van der Waals surface area contributed by atoms with Crippen molar-refractivity contribution in [3.8, 4) is 0 Å². The van der Waals surface area contributed by atoms with E-state index in [-0.39, 0.29) is 11.8 Å². The van der Waals surface area contributed by atoms with Crippen LogP contribution in [-0.4, -0.2) is 30.8 Å². The van der Waals surface area contributed by atoms with Gasteiger partial charge in [0.05, 0.1) is 11.1 Å². The first-order chi connectivity index (χ1) is 12.7. The first kappa shape index (κ1) is 20.7. The van der Waals surface area contributed by atoms with E-state index in [4.69, 9.17) is 11.6 Å². The molecule has 7 heteroatoms. The summed E-state index contributed by atoms with van der Waals surface area (Å²) in [6.45, 7) is 3.09. The van der Waals surface area contributed by atoms with E-state index in [0.717, 1.165) is 16.2 Å². The van der Waals surface area contributed by atoms with E-state index >= 15 is 0 Å². The van der Waals surface area contributed by atoms with Crippen molar-refractivity contribution in [2.45, 2.75) is 23.1 Å². The molecule has 26 heavy (non-hydrogen) atoms. The van der Waals surface area contributed by atoms with Crippen molar-refractivity contribution >= 4 is 45.0 Å². The van der Waals surface area contributed by atoms with Gasteiger partial charge in [-0.15, -0.1) is 11.6 Å². The number of alkyl halides is 1. The van der Waals surface area contributed by atoms with Crippen LogP contribution >= 0.6 is 33.2 Å². The molecule has 2 amide bonds. The Balaban J connectivity index is 2.12. The van der Waals surface area contributed by atoms with Crippen LogP contribution < -0.4 is 10.6 Å². The maximum Gasteiger partial charge on any atom is 0.252 e. The van der Waals surface area contributed by atoms with Crippen LogP contribution in [0.5, 0.6) is 0 Å². The second-order valence-corrected chi connectivity index (χ2v) is 7.95. The molecular weight excluding hydrogens is 388 g/mol. The van der Waals surface area contributed by atoms with Gasteiger partial charge in [-0.2, -0.15) is 0 Å². The predicted octanol–water partition coefficient (Wildman–Crippen LogP) is 4.59. The van der Waals surface area contributed by atoms with Gasteiger partial charge in [0.25, 0.3) is 11.8 Å². The van der Waals surface area contributed by atoms with E-state index in [0.29, 0.717) is 30.1 Å². The number of halogens is 1. The zero-order valence-corrected chi connectivity index (χ0v) is 16.8. The minimum atomic E-state index is -0.150. The molecule has 0 atom stereocenters. The van der Waals surface area contributed by atoms with Gasteiger partial charge in [-0.1, -0.05) is 52.8 Å². The predicted molar refractivity (Wildman–Crippen MR) is 110 cm³/mol. The highest BCUT2D eigenvalue weighted by molar-refractivity contribution is 8.76. The standard InChI is InChI=1S/C19H21ClN2O2S2/c1-2-12-21-18(23)14-7-3-5-9-16(14)25-26-17-10-6-4-8-15(17)19(24)22-13-11-20/h3-10H,2,11-13H2,1H3,(H,21,23)(H,22,24). The van der Waals surface area contributed by atoms with E-state index in [9.17, 15) is 9.59 Å². The number of carbonyl (C=O) groups is 2. The molecule has 2 aromatic carbocycles. The number of amides is 2. The number of rotatable bonds is 9. The lowest BCUT2D eigenvalue weighted by Gasteiger charge is -2.11. The summed E-state index contributed by atoms with van der Waals surface area (Å²) in [4.78, 5) is 26.3. The number of hydrogen-bond donors (Lipinski definition) is 2. The Bertz CT molecular complexity index is 692. The topological polar surface area (TPSA) is 58.2 Å². The third kappa shape index (κ3) is 5.97. The molecule has 0 radical (unpaired) electrons. The maximum absolute atomic E-state index is 12.3. The molecule has 0 fully saturated rings. The fourth-order valence-electron chi connectivity index (χ4n) is 2.13. The highest BCUT2D eigenvalue weighted by Gasteiger charge is 2.14. The minimum absolute atomic E-state index is 0.0799. The molecule has 0 aliphatic rings. The number of hydrogen-bond acceptors (Lipinski definition) is 4. The van der Waals surface area contributed by atoms with Crippen LogP contribution in [0, 0.1) is 0 Å². The maximum atomic E-state index is 12.3. The lowest BCUT2D eigenvalue weighted by atomic mass is 10.2. The summed E-state index contributed by atoms with van der Waals surface area (Å²) in [5.41, 5.74) is 1.24.